The van der Waals surface area contributed by atoms with Gasteiger partial charge in [-0.05, 0) is 46.2 Å². The summed E-state index contributed by atoms with van der Waals surface area (Å²) in [6, 6.07) is 25.1. The van der Waals surface area contributed by atoms with Crippen molar-refractivity contribution in [2.45, 2.75) is 58.0 Å². The molecule has 0 aromatic heterocycles. The lowest BCUT2D eigenvalue weighted by atomic mass is 9.86. The fraction of sp³-hybridized carbons (Fsp3) is 0.333. The van der Waals surface area contributed by atoms with E-state index < -0.39 is 6.04 Å². The molecule has 35 heavy (non-hydrogen) atoms. The number of nitrogens with one attached hydrogen (secondary N) is 1. The van der Waals surface area contributed by atoms with Crippen molar-refractivity contribution in [2.75, 3.05) is 7.05 Å². The third-order valence-electron chi connectivity index (χ3n) is 6.21. The van der Waals surface area contributed by atoms with Crippen LogP contribution < -0.4 is 5.32 Å². The van der Waals surface area contributed by atoms with Gasteiger partial charge in [0.25, 0.3) is 0 Å². The highest BCUT2D eigenvalue weighted by molar-refractivity contribution is 6.30. The van der Waals surface area contributed by atoms with Crippen molar-refractivity contribution >= 4 is 23.4 Å². The maximum Gasteiger partial charge on any atom is 0.242 e. The van der Waals surface area contributed by atoms with Crippen molar-refractivity contribution in [3.63, 3.8) is 0 Å². The van der Waals surface area contributed by atoms with Gasteiger partial charge in [-0.15, -0.1) is 0 Å². The number of aryl methyl sites for hydroxylation is 1. The number of carbonyl (C=O) groups excluding carboxylic acids is 2. The highest BCUT2D eigenvalue weighted by Crippen LogP contribution is 2.23. The number of nitrogens with zero attached hydrogens (tertiary/aromatic N) is 1. The van der Waals surface area contributed by atoms with Gasteiger partial charge in [-0.2, -0.15) is 0 Å². The molecule has 3 rings (SSSR count). The van der Waals surface area contributed by atoms with Crippen molar-refractivity contribution in [3.05, 3.63) is 106 Å². The lowest BCUT2D eigenvalue weighted by Gasteiger charge is -2.31. The predicted octanol–water partition coefficient (Wildman–Crippen LogP) is 5.96. The van der Waals surface area contributed by atoms with Crippen LogP contribution >= 0.6 is 11.6 Å². The molecule has 1 N–H and O–H groups in total. The largest absolute Gasteiger partial charge is 0.357 e. The molecule has 0 saturated heterocycles. The number of rotatable bonds is 9. The van der Waals surface area contributed by atoms with E-state index in [1.54, 1.807) is 18.0 Å². The molecule has 0 heterocycles. The number of hydrogen-bond donors (Lipinski definition) is 1. The summed E-state index contributed by atoms with van der Waals surface area (Å²) in [5.74, 6) is -0.242. The van der Waals surface area contributed by atoms with Crippen LogP contribution in [0.4, 0.5) is 0 Å². The SMILES string of the molecule is CNC(=O)C(Cc1ccccc1)N(Cc1cccc(Cl)c1)C(=O)CCc1ccc(C(C)(C)C)cc1. The Hall–Kier alpha value is -3.11. The monoisotopic (exact) mass is 490 g/mol. The fourth-order valence-electron chi connectivity index (χ4n) is 4.12. The molecule has 0 radical (unpaired) electrons. The Balaban J connectivity index is 1.84. The molecule has 0 aliphatic rings. The molecular weight excluding hydrogens is 456 g/mol. The molecule has 2 amide bonds. The van der Waals surface area contributed by atoms with E-state index in [2.05, 4.69) is 50.4 Å². The van der Waals surface area contributed by atoms with Gasteiger partial charge < -0.3 is 10.2 Å². The van der Waals surface area contributed by atoms with Crippen LogP contribution in [0.2, 0.25) is 5.02 Å². The Morgan fingerprint density at radius 2 is 1.54 bits per heavy atom. The highest BCUT2D eigenvalue weighted by Gasteiger charge is 2.29. The molecular formula is C30H35ClN2O2. The van der Waals surface area contributed by atoms with Crippen LogP contribution in [0.5, 0.6) is 0 Å². The second kappa shape index (κ2) is 12.0. The van der Waals surface area contributed by atoms with Gasteiger partial charge in [-0.25, -0.2) is 0 Å². The first-order valence-electron chi connectivity index (χ1n) is 12.1. The third kappa shape index (κ3) is 7.69. The van der Waals surface area contributed by atoms with E-state index in [1.165, 1.54) is 5.56 Å². The molecule has 0 spiro atoms. The summed E-state index contributed by atoms with van der Waals surface area (Å²) in [5.41, 5.74) is 4.34. The van der Waals surface area contributed by atoms with Gasteiger partial charge in [0.1, 0.15) is 6.04 Å². The second-order valence-corrected chi connectivity index (χ2v) is 10.4. The first-order valence-corrected chi connectivity index (χ1v) is 12.4. The van der Waals surface area contributed by atoms with Gasteiger partial charge >= 0.3 is 0 Å². The first kappa shape index (κ1) is 26.5. The number of amides is 2. The van der Waals surface area contributed by atoms with Crippen LogP contribution in [-0.2, 0) is 34.4 Å². The Bertz CT molecular complexity index is 1120. The minimum Gasteiger partial charge on any atom is -0.357 e. The molecule has 0 bridgehead atoms. The standard InChI is InChI=1S/C30H35ClN2O2/c1-30(2,3)25-16-13-22(14-17-25)15-18-28(34)33(21-24-11-8-12-26(31)19-24)27(29(35)32-4)20-23-9-6-5-7-10-23/h5-14,16-17,19,27H,15,18,20-21H2,1-4H3,(H,32,35). The van der Waals surface area contributed by atoms with Gasteiger partial charge in [0, 0.05) is 31.5 Å². The molecule has 3 aromatic rings. The van der Waals surface area contributed by atoms with E-state index in [1.807, 2.05) is 48.5 Å². The third-order valence-corrected chi connectivity index (χ3v) is 6.44. The Labute approximate surface area is 214 Å². The maximum absolute atomic E-state index is 13.6. The lowest BCUT2D eigenvalue weighted by Crippen LogP contribution is -2.49. The van der Waals surface area contributed by atoms with Crippen LogP contribution in [0.3, 0.4) is 0 Å². The highest BCUT2D eigenvalue weighted by atomic mass is 35.5. The van der Waals surface area contributed by atoms with Gasteiger partial charge in [-0.1, -0.05) is 99.1 Å². The number of likely N-dealkylation sites (N-methyl/N-ethyl adjacent to an activating group) is 1. The Morgan fingerprint density at radius 3 is 2.14 bits per heavy atom. The zero-order chi connectivity index (χ0) is 25.4. The van der Waals surface area contributed by atoms with Crippen LogP contribution in [0.1, 0.15) is 49.4 Å². The molecule has 4 nitrogen and oxygen atoms in total. The molecule has 1 atom stereocenters. The van der Waals surface area contributed by atoms with E-state index >= 15 is 0 Å². The normalized spacial score (nSPS) is 12.1. The first-order chi connectivity index (χ1) is 16.7. The molecule has 0 saturated carbocycles. The van der Waals surface area contributed by atoms with E-state index in [9.17, 15) is 9.59 Å². The second-order valence-electron chi connectivity index (χ2n) is 9.92. The predicted molar refractivity (Wildman–Crippen MR) is 143 cm³/mol. The Kier molecular flexibility index (Phi) is 9.11. The summed E-state index contributed by atoms with van der Waals surface area (Å²) in [6.45, 7) is 6.87. The number of halogens is 1. The topological polar surface area (TPSA) is 49.4 Å². The zero-order valence-corrected chi connectivity index (χ0v) is 21.8. The smallest absolute Gasteiger partial charge is 0.242 e. The summed E-state index contributed by atoms with van der Waals surface area (Å²) >= 11 is 6.21. The lowest BCUT2D eigenvalue weighted by molar-refractivity contribution is -0.141. The average molecular weight is 491 g/mol. The van der Waals surface area contributed by atoms with E-state index in [0.717, 1.165) is 16.7 Å². The van der Waals surface area contributed by atoms with Gasteiger partial charge in [0.05, 0.1) is 0 Å². The van der Waals surface area contributed by atoms with Gasteiger partial charge in [-0.3, -0.25) is 9.59 Å². The van der Waals surface area contributed by atoms with Crippen molar-refractivity contribution < 1.29 is 9.59 Å². The molecule has 1 unspecified atom stereocenters. The van der Waals surface area contributed by atoms with Crippen LogP contribution in [-0.4, -0.2) is 29.8 Å². The van der Waals surface area contributed by atoms with Crippen molar-refractivity contribution in [1.29, 1.82) is 0 Å². The van der Waals surface area contributed by atoms with E-state index in [-0.39, 0.29) is 17.2 Å². The minimum absolute atomic E-state index is 0.0607. The fourth-order valence-corrected chi connectivity index (χ4v) is 4.33. The van der Waals surface area contributed by atoms with E-state index in [4.69, 9.17) is 11.6 Å². The van der Waals surface area contributed by atoms with Crippen LogP contribution in [0.25, 0.3) is 0 Å². The summed E-state index contributed by atoms with van der Waals surface area (Å²) in [4.78, 5) is 28.3. The average Bonchev–Trinajstić information content (AvgIpc) is 2.84. The molecule has 0 fully saturated rings. The van der Waals surface area contributed by atoms with Crippen molar-refractivity contribution in [2.24, 2.45) is 0 Å². The molecule has 5 heteroatoms. The van der Waals surface area contributed by atoms with E-state index in [0.29, 0.717) is 30.8 Å². The summed E-state index contributed by atoms with van der Waals surface area (Å²) in [5, 5.41) is 3.36. The number of carbonyl (C=O) groups is 2. The zero-order valence-electron chi connectivity index (χ0n) is 21.1. The Morgan fingerprint density at radius 1 is 0.886 bits per heavy atom. The van der Waals surface area contributed by atoms with Crippen LogP contribution in [0.15, 0.2) is 78.9 Å². The van der Waals surface area contributed by atoms with Gasteiger partial charge in [0.15, 0.2) is 0 Å². The molecule has 0 aliphatic carbocycles. The quantitative estimate of drug-likeness (QED) is 0.402. The molecule has 0 aliphatic heterocycles. The summed E-state index contributed by atoms with van der Waals surface area (Å²) in [7, 11) is 1.61. The van der Waals surface area contributed by atoms with Gasteiger partial charge in [0.2, 0.25) is 11.8 Å². The minimum atomic E-state index is -0.628. The summed E-state index contributed by atoms with van der Waals surface area (Å²) < 4.78 is 0. The molecule has 3 aromatic carbocycles. The summed E-state index contributed by atoms with van der Waals surface area (Å²) in [6.07, 6.45) is 1.37. The van der Waals surface area contributed by atoms with Crippen molar-refractivity contribution in [1.82, 2.24) is 10.2 Å². The number of hydrogen-bond acceptors (Lipinski definition) is 2. The number of benzene rings is 3. The maximum atomic E-state index is 13.6. The van der Waals surface area contributed by atoms with Crippen LogP contribution in [0, 0.1) is 0 Å². The van der Waals surface area contributed by atoms with Crippen molar-refractivity contribution in [3.8, 4) is 0 Å². The molecule has 184 valence electrons.